The van der Waals surface area contributed by atoms with Gasteiger partial charge >= 0.3 is 0 Å². The predicted molar refractivity (Wildman–Crippen MR) is 104 cm³/mol. The highest BCUT2D eigenvalue weighted by Gasteiger charge is 2.05. The van der Waals surface area contributed by atoms with E-state index < -0.39 is 0 Å². The van der Waals surface area contributed by atoms with Crippen molar-refractivity contribution < 1.29 is 14.6 Å². The fourth-order valence-corrected chi connectivity index (χ4v) is 2.91. The number of methoxy groups -OCH3 is 1. The molecule has 0 heterocycles. The number of hydrogen-bond acceptors (Lipinski definition) is 3. The third kappa shape index (κ3) is 9.33. The van der Waals surface area contributed by atoms with Crippen LogP contribution in [0.3, 0.4) is 0 Å². The predicted octanol–water partition coefficient (Wildman–Crippen LogP) is 5.85. The summed E-state index contributed by atoms with van der Waals surface area (Å²) in [6.45, 7) is 4.57. The summed E-state index contributed by atoms with van der Waals surface area (Å²) in [5.41, 5.74) is 0.998. The number of phenolic OH excluding ortho intramolecular Hbond substituents is 1. The van der Waals surface area contributed by atoms with Gasteiger partial charge < -0.3 is 9.84 Å². The van der Waals surface area contributed by atoms with Crippen molar-refractivity contribution in [3.8, 4) is 11.5 Å². The van der Waals surface area contributed by atoms with E-state index >= 15 is 0 Å². The van der Waals surface area contributed by atoms with Crippen molar-refractivity contribution in [2.45, 2.75) is 71.6 Å². The second-order valence-corrected chi connectivity index (χ2v) is 6.91. The summed E-state index contributed by atoms with van der Waals surface area (Å²) in [4.78, 5) is 11.9. The van der Waals surface area contributed by atoms with Crippen molar-refractivity contribution in [1.29, 1.82) is 0 Å². The largest absolute Gasteiger partial charge is 0.504 e. The lowest BCUT2D eigenvalue weighted by atomic mass is 9.97. The average Bonchev–Trinajstić information content (AvgIpc) is 2.61. The Kier molecular flexibility index (Phi) is 10.7. The monoisotopic (exact) mass is 346 g/mol. The summed E-state index contributed by atoms with van der Waals surface area (Å²) in [5, 5.41) is 9.58. The Morgan fingerprint density at radius 1 is 1.24 bits per heavy atom. The number of benzene rings is 1. The SMILES string of the molecule is CCCCC[C@H](C)CCCC=CC(=O)CCc1ccc(O)c(OC)c1. The molecule has 0 radical (unpaired) electrons. The van der Waals surface area contributed by atoms with Crippen LogP contribution < -0.4 is 4.74 Å². The van der Waals surface area contributed by atoms with Crippen LogP contribution in [0.2, 0.25) is 0 Å². The van der Waals surface area contributed by atoms with Crippen LogP contribution in [-0.4, -0.2) is 18.0 Å². The molecule has 1 rings (SSSR count). The summed E-state index contributed by atoms with van der Waals surface area (Å²) in [6.07, 6.45) is 13.6. The van der Waals surface area contributed by atoms with Gasteiger partial charge in [-0.3, -0.25) is 4.79 Å². The summed E-state index contributed by atoms with van der Waals surface area (Å²) in [6, 6.07) is 5.22. The van der Waals surface area contributed by atoms with Gasteiger partial charge in [0.15, 0.2) is 17.3 Å². The second-order valence-electron chi connectivity index (χ2n) is 6.91. The van der Waals surface area contributed by atoms with Crippen molar-refractivity contribution in [1.82, 2.24) is 0 Å². The number of carbonyl (C=O) groups is 1. The molecule has 1 N–H and O–H groups in total. The molecule has 0 amide bonds. The number of unbranched alkanes of at least 4 members (excludes halogenated alkanes) is 3. The normalized spacial score (nSPS) is 12.4. The van der Waals surface area contributed by atoms with E-state index in [1.54, 1.807) is 18.2 Å². The Hall–Kier alpha value is -1.77. The van der Waals surface area contributed by atoms with Gasteiger partial charge in [0.05, 0.1) is 7.11 Å². The van der Waals surface area contributed by atoms with Crippen molar-refractivity contribution >= 4 is 5.78 Å². The van der Waals surface area contributed by atoms with Gasteiger partial charge in [-0.25, -0.2) is 0 Å². The summed E-state index contributed by atoms with van der Waals surface area (Å²) >= 11 is 0. The number of ketones is 1. The Morgan fingerprint density at radius 2 is 2.00 bits per heavy atom. The molecule has 3 heteroatoms. The third-order valence-corrected chi connectivity index (χ3v) is 4.58. The average molecular weight is 347 g/mol. The summed E-state index contributed by atoms with van der Waals surface area (Å²) < 4.78 is 5.09. The lowest BCUT2D eigenvalue weighted by Crippen LogP contribution is -1.97. The number of hydrogen-bond donors (Lipinski definition) is 1. The minimum atomic E-state index is 0.126. The number of allylic oxidation sites excluding steroid dienone is 2. The van der Waals surface area contributed by atoms with Gasteiger partial charge in [-0.05, 0) is 49.0 Å². The van der Waals surface area contributed by atoms with E-state index in [0.29, 0.717) is 18.6 Å². The Labute approximate surface area is 153 Å². The molecule has 1 atom stereocenters. The molecule has 1 aromatic carbocycles. The third-order valence-electron chi connectivity index (χ3n) is 4.58. The highest BCUT2D eigenvalue weighted by atomic mass is 16.5. The zero-order valence-electron chi connectivity index (χ0n) is 16.1. The van der Waals surface area contributed by atoms with Crippen molar-refractivity contribution in [3.05, 3.63) is 35.9 Å². The summed E-state index contributed by atoms with van der Waals surface area (Å²) in [7, 11) is 1.53. The summed E-state index contributed by atoms with van der Waals surface area (Å²) in [5.74, 6) is 1.53. The van der Waals surface area contributed by atoms with Crippen molar-refractivity contribution in [2.24, 2.45) is 5.92 Å². The van der Waals surface area contributed by atoms with E-state index in [0.717, 1.165) is 24.3 Å². The van der Waals surface area contributed by atoms with Crippen LogP contribution in [0, 0.1) is 5.92 Å². The highest BCUT2D eigenvalue weighted by molar-refractivity contribution is 5.89. The first kappa shape index (κ1) is 21.3. The number of carbonyl (C=O) groups excluding carboxylic acids is 1. The van der Waals surface area contributed by atoms with Crippen LogP contribution in [0.25, 0.3) is 0 Å². The van der Waals surface area contributed by atoms with Crippen LogP contribution in [0.4, 0.5) is 0 Å². The minimum Gasteiger partial charge on any atom is -0.504 e. The standard InChI is InChI=1S/C22H34O3/c1-4-5-7-10-18(2)11-8-6-9-12-20(23)15-13-19-14-16-21(24)22(17-19)25-3/h9,12,14,16-18,24H,4-8,10-11,13,15H2,1-3H3/t18-/m0/s1. The maximum atomic E-state index is 11.9. The van der Waals surface area contributed by atoms with E-state index in [9.17, 15) is 9.90 Å². The van der Waals surface area contributed by atoms with Gasteiger partial charge in [0.2, 0.25) is 0 Å². The molecule has 0 aromatic heterocycles. The minimum absolute atomic E-state index is 0.126. The smallest absolute Gasteiger partial charge is 0.160 e. The number of aryl methyl sites for hydroxylation is 1. The first-order valence-corrected chi connectivity index (χ1v) is 9.62. The van der Waals surface area contributed by atoms with Crippen LogP contribution in [-0.2, 0) is 11.2 Å². The Bertz CT molecular complexity index is 534. The number of phenols is 1. The van der Waals surface area contributed by atoms with E-state index in [-0.39, 0.29) is 11.5 Å². The van der Waals surface area contributed by atoms with Crippen LogP contribution in [0.15, 0.2) is 30.4 Å². The topological polar surface area (TPSA) is 46.5 Å². The van der Waals surface area contributed by atoms with Gasteiger partial charge in [0, 0.05) is 6.42 Å². The van der Waals surface area contributed by atoms with E-state index in [4.69, 9.17) is 4.74 Å². The molecule has 0 fully saturated rings. The molecule has 0 aliphatic rings. The van der Waals surface area contributed by atoms with Crippen LogP contribution in [0.5, 0.6) is 11.5 Å². The van der Waals surface area contributed by atoms with Crippen LogP contribution in [0.1, 0.15) is 70.8 Å². The van der Waals surface area contributed by atoms with Crippen molar-refractivity contribution in [2.75, 3.05) is 7.11 Å². The van der Waals surface area contributed by atoms with E-state index in [2.05, 4.69) is 13.8 Å². The highest BCUT2D eigenvalue weighted by Crippen LogP contribution is 2.26. The maximum absolute atomic E-state index is 11.9. The van der Waals surface area contributed by atoms with Gasteiger partial charge in [-0.1, -0.05) is 58.1 Å². The lowest BCUT2D eigenvalue weighted by molar-refractivity contribution is -0.114. The zero-order chi connectivity index (χ0) is 18.5. The molecule has 25 heavy (non-hydrogen) atoms. The molecule has 0 saturated carbocycles. The first-order chi connectivity index (χ1) is 12.1. The molecule has 0 saturated heterocycles. The molecule has 0 aliphatic carbocycles. The quantitative estimate of drug-likeness (QED) is 0.360. The molecule has 1 aromatic rings. The second kappa shape index (κ2) is 12.6. The Balaban J connectivity index is 2.20. The fourth-order valence-electron chi connectivity index (χ4n) is 2.91. The number of aromatic hydroxyl groups is 1. The zero-order valence-corrected chi connectivity index (χ0v) is 16.1. The van der Waals surface area contributed by atoms with Gasteiger partial charge in [-0.15, -0.1) is 0 Å². The molecule has 0 unspecified atom stereocenters. The molecule has 0 aliphatic heterocycles. The molecular weight excluding hydrogens is 312 g/mol. The number of ether oxygens (including phenoxy) is 1. The number of rotatable bonds is 13. The van der Waals surface area contributed by atoms with Crippen molar-refractivity contribution in [3.63, 3.8) is 0 Å². The van der Waals surface area contributed by atoms with E-state index in [1.165, 1.54) is 39.2 Å². The fraction of sp³-hybridized carbons (Fsp3) is 0.591. The first-order valence-electron chi connectivity index (χ1n) is 9.62. The molecule has 3 nitrogen and oxygen atoms in total. The maximum Gasteiger partial charge on any atom is 0.160 e. The molecule has 0 bridgehead atoms. The van der Waals surface area contributed by atoms with E-state index in [1.807, 2.05) is 12.1 Å². The molecule has 140 valence electrons. The Morgan fingerprint density at radius 3 is 2.72 bits per heavy atom. The van der Waals surface area contributed by atoms with Gasteiger partial charge in [-0.2, -0.15) is 0 Å². The van der Waals surface area contributed by atoms with Gasteiger partial charge in [0.25, 0.3) is 0 Å². The van der Waals surface area contributed by atoms with Crippen LogP contribution >= 0.6 is 0 Å². The molecule has 0 spiro atoms. The van der Waals surface area contributed by atoms with Gasteiger partial charge in [0.1, 0.15) is 0 Å². The molecular formula is C22H34O3. The lowest BCUT2D eigenvalue weighted by Gasteiger charge is -2.09.